The van der Waals surface area contributed by atoms with Crippen molar-refractivity contribution in [3.8, 4) is 0 Å². The van der Waals surface area contributed by atoms with Crippen molar-refractivity contribution in [1.82, 2.24) is 0 Å². The third kappa shape index (κ3) is 1.94. The van der Waals surface area contributed by atoms with Crippen LogP contribution in [0.15, 0.2) is 18.2 Å². The second kappa shape index (κ2) is 4.10. The first-order valence-electron chi connectivity index (χ1n) is 6.12. The average molecular weight is 218 g/mol. The maximum absolute atomic E-state index is 5.83. The molecule has 0 atom stereocenters. The number of rotatable bonds is 2. The summed E-state index contributed by atoms with van der Waals surface area (Å²) in [6.07, 6.45) is 2.55. The molecule has 16 heavy (non-hydrogen) atoms. The topological polar surface area (TPSA) is 29.3 Å². The quantitative estimate of drug-likeness (QED) is 0.827. The van der Waals surface area contributed by atoms with Crippen LogP contribution in [-0.2, 0) is 6.54 Å². The summed E-state index contributed by atoms with van der Waals surface area (Å²) < 4.78 is 0. The Hall–Kier alpha value is -1.02. The molecule has 1 fully saturated rings. The maximum atomic E-state index is 5.83. The highest BCUT2D eigenvalue weighted by molar-refractivity contribution is 5.58. The molecule has 0 bridgehead atoms. The van der Waals surface area contributed by atoms with Crippen LogP contribution in [-0.4, -0.2) is 12.1 Å². The fourth-order valence-corrected chi connectivity index (χ4v) is 2.65. The Morgan fingerprint density at radius 2 is 2.12 bits per heavy atom. The zero-order valence-corrected chi connectivity index (χ0v) is 10.6. The van der Waals surface area contributed by atoms with Gasteiger partial charge in [-0.3, -0.25) is 0 Å². The minimum absolute atomic E-state index is 0.276. The Morgan fingerprint density at radius 3 is 2.69 bits per heavy atom. The van der Waals surface area contributed by atoms with Gasteiger partial charge in [0.15, 0.2) is 0 Å². The van der Waals surface area contributed by atoms with Crippen molar-refractivity contribution in [2.24, 2.45) is 5.73 Å². The second-order valence-electron chi connectivity index (χ2n) is 5.40. The fraction of sp³-hybridized carbons (Fsp3) is 0.571. The van der Waals surface area contributed by atoms with Gasteiger partial charge in [0.2, 0.25) is 0 Å². The predicted octanol–water partition coefficient (Wildman–Crippen LogP) is 2.83. The largest absolute Gasteiger partial charge is 0.366 e. The molecule has 88 valence electrons. The van der Waals surface area contributed by atoms with Crippen molar-refractivity contribution in [2.75, 3.05) is 11.4 Å². The van der Waals surface area contributed by atoms with Crippen LogP contribution in [0.5, 0.6) is 0 Å². The molecule has 1 saturated heterocycles. The minimum Gasteiger partial charge on any atom is -0.366 e. The first kappa shape index (κ1) is 11.5. The smallest absolute Gasteiger partial charge is 0.0418 e. The van der Waals surface area contributed by atoms with Crippen molar-refractivity contribution < 1.29 is 0 Å². The lowest BCUT2D eigenvalue weighted by atomic mass is 10.00. The molecule has 2 rings (SSSR count). The molecule has 2 heteroatoms. The predicted molar refractivity (Wildman–Crippen MR) is 69.7 cm³/mol. The van der Waals surface area contributed by atoms with E-state index in [1.807, 2.05) is 0 Å². The standard InChI is InChI=1S/C14H22N2/c1-11-5-6-12(10-15)13(9-11)16-8-4-7-14(16,2)3/h5-6,9H,4,7-8,10,15H2,1-3H3. The normalized spacial score (nSPS) is 19.1. The summed E-state index contributed by atoms with van der Waals surface area (Å²) in [7, 11) is 0. The van der Waals surface area contributed by atoms with E-state index in [9.17, 15) is 0 Å². The lowest BCUT2D eigenvalue weighted by Crippen LogP contribution is -2.38. The van der Waals surface area contributed by atoms with Crippen LogP contribution in [0.25, 0.3) is 0 Å². The molecule has 0 radical (unpaired) electrons. The minimum atomic E-state index is 0.276. The van der Waals surface area contributed by atoms with Crippen LogP contribution in [0.4, 0.5) is 5.69 Å². The molecule has 0 amide bonds. The van der Waals surface area contributed by atoms with Gasteiger partial charge in [0.05, 0.1) is 0 Å². The Kier molecular flexibility index (Phi) is 2.94. The Bertz CT molecular complexity index is 382. The summed E-state index contributed by atoms with van der Waals surface area (Å²) in [5, 5.41) is 0. The molecule has 2 nitrogen and oxygen atoms in total. The van der Waals surface area contributed by atoms with Gasteiger partial charge >= 0.3 is 0 Å². The molecule has 0 spiro atoms. The Morgan fingerprint density at radius 1 is 1.38 bits per heavy atom. The highest BCUT2D eigenvalue weighted by Gasteiger charge is 2.32. The molecule has 0 unspecified atom stereocenters. The van der Waals surface area contributed by atoms with E-state index < -0.39 is 0 Å². The van der Waals surface area contributed by atoms with Crippen molar-refractivity contribution in [1.29, 1.82) is 0 Å². The van der Waals surface area contributed by atoms with Gasteiger partial charge in [-0.15, -0.1) is 0 Å². The van der Waals surface area contributed by atoms with Crippen molar-refractivity contribution in [3.63, 3.8) is 0 Å². The number of hydrogen-bond acceptors (Lipinski definition) is 2. The first-order chi connectivity index (χ1) is 7.54. The number of nitrogens with two attached hydrogens (primary N) is 1. The van der Waals surface area contributed by atoms with Gasteiger partial charge in [-0.05, 0) is 50.8 Å². The monoisotopic (exact) mass is 218 g/mol. The molecule has 1 aromatic rings. The lowest BCUT2D eigenvalue weighted by molar-refractivity contribution is 0.517. The van der Waals surface area contributed by atoms with Gasteiger partial charge in [0.1, 0.15) is 0 Å². The van der Waals surface area contributed by atoms with Crippen molar-refractivity contribution in [2.45, 2.75) is 45.7 Å². The summed E-state index contributed by atoms with van der Waals surface area (Å²) in [4.78, 5) is 2.52. The molecular formula is C14H22N2. The average Bonchev–Trinajstić information content (AvgIpc) is 2.58. The lowest BCUT2D eigenvalue weighted by Gasteiger charge is -2.35. The van der Waals surface area contributed by atoms with Crippen molar-refractivity contribution >= 4 is 5.69 Å². The highest BCUT2D eigenvalue weighted by atomic mass is 15.2. The van der Waals surface area contributed by atoms with E-state index in [-0.39, 0.29) is 5.54 Å². The highest BCUT2D eigenvalue weighted by Crippen LogP contribution is 2.35. The van der Waals surface area contributed by atoms with E-state index >= 15 is 0 Å². The molecule has 1 aromatic carbocycles. The van der Waals surface area contributed by atoms with Gasteiger partial charge in [-0.2, -0.15) is 0 Å². The summed E-state index contributed by atoms with van der Waals surface area (Å²) in [5.74, 6) is 0. The van der Waals surface area contributed by atoms with E-state index in [4.69, 9.17) is 5.73 Å². The maximum Gasteiger partial charge on any atom is 0.0418 e. The molecule has 0 saturated carbocycles. The number of benzene rings is 1. The molecule has 0 aromatic heterocycles. The molecular weight excluding hydrogens is 196 g/mol. The van der Waals surface area contributed by atoms with Gasteiger partial charge in [-0.25, -0.2) is 0 Å². The van der Waals surface area contributed by atoms with Gasteiger partial charge in [-0.1, -0.05) is 12.1 Å². The van der Waals surface area contributed by atoms with Crippen LogP contribution >= 0.6 is 0 Å². The third-order valence-corrected chi connectivity index (χ3v) is 3.65. The van der Waals surface area contributed by atoms with Gasteiger partial charge in [0.25, 0.3) is 0 Å². The van der Waals surface area contributed by atoms with E-state index in [0.717, 1.165) is 6.54 Å². The van der Waals surface area contributed by atoms with Crippen molar-refractivity contribution in [3.05, 3.63) is 29.3 Å². The second-order valence-corrected chi connectivity index (χ2v) is 5.40. The molecule has 1 aliphatic heterocycles. The van der Waals surface area contributed by atoms with Crippen LogP contribution in [0, 0.1) is 6.92 Å². The molecule has 1 aliphatic rings. The van der Waals surface area contributed by atoms with Gasteiger partial charge < -0.3 is 10.6 Å². The SMILES string of the molecule is Cc1ccc(CN)c(N2CCCC2(C)C)c1. The van der Waals surface area contributed by atoms with Crippen LogP contribution in [0.2, 0.25) is 0 Å². The number of aryl methyl sites for hydroxylation is 1. The van der Waals surface area contributed by atoms with Crippen LogP contribution in [0.1, 0.15) is 37.8 Å². The van der Waals surface area contributed by atoms with E-state index in [1.54, 1.807) is 0 Å². The first-order valence-corrected chi connectivity index (χ1v) is 6.12. The molecule has 0 aliphatic carbocycles. The zero-order valence-electron chi connectivity index (χ0n) is 10.6. The van der Waals surface area contributed by atoms with E-state index in [2.05, 4.69) is 43.9 Å². The summed E-state index contributed by atoms with van der Waals surface area (Å²) in [6, 6.07) is 6.59. The number of hydrogen-bond donors (Lipinski definition) is 1. The van der Waals surface area contributed by atoms with Crippen LogP contribution < -0.4 is 10.6 Å². The van der Waals surface area contributed by atoms with E-state index in [0.29, 0.717) is 6.54 Å². The Labute approximate surface area is 98.4 Å². The summed E-state index contributed by atoms with van der Waals surface area (Å²) >= 11 is 0. The number of nitrogens with zero attached hydrogens (tertiary/aromatic N) is 1. The molecule has 1 heterocycles. The fourth-order valence-electron chi connectivity index (χ4n) is 2.65. The summed E-state index contributed by atoms with van der Waals surface area (Å²) in [6.45, 7) is 8.57. The van der Waals surface area contributed by atoms with Gasteiger partial charge in [0, 0.05) is 24.3 Å². The summed E-state index contributed by atoms with van der Waals surface area (Å²) in [5.41, 5.74) is 10.0. The zero-order chi connectivity index (χ0) is 11.8. The van der Waals surface area contributed by atoms with Crippen LogP contribution in [0.3, 0.4) is 0 Å². The molecule has 2 N–H and O–H groups in total. The van der Waals surface area contributed by atoms with E-state index in [1.165, 1.54) is 29.7 Å². The number of anilines is 1. The Balaban J connectivity index is 2.42. The third-order valence-electron chi connectivity index (χ3n) is 3.65.